The van der Waals surface area contributed by atoms with Crippen LogP contribution in [0, 0.1) is 6.92 Å². The summed E-state index contributed by atoms with van der Waals surface area (Å²) in [7, 11) is 0. The lowest BCUT2D eigenvalue weighted by molar-refractivity contribution is -0.145. The molecule has 2 aromatic rings. The second kappa shape index (κ2) is 3.47. The lowest BCUT2D eigenvalue weighted by Gasteiger charge is -2.07. The van der Waals surface area contributed by atoms with Crippen LogP contribution in [0.15, 0.2) is 18.2 Å². The van der Waals surface area contributed by atoms with E-state index in [1.54, 1.807) is 0 Å². The average Bonchev–Trinajstić information content (AvgIpc) is 2.56. The Morgan fingerprint density at radius 1 is 1.41 bits per heavy atom. The fraction of sp³-hybridized carbons (Fsp3) is 0.200. The molecule has 90 valence electrons. The molecule has 2 heterocycles. The smallest absolute Gasteiger partial charge is 0.450 e. The fourth-order valence-electron chi connectivity index (χ4n) is 1.64. The van der Waals surface area contributed by atoms with Gasteiger partial charge in [-0.3, -0.25) is 4.40 Å². The normalized spacial score (nSPS) is 12.0. The fourth-order valence-corrected chi connectivity index (χ4v) is 1.64. The van der Waals surface area contributed by atoms with E-state index in [1.165, 1.54) is 19.1 Å². The molecule has 0 saturated carbocycles. The number of carboxylic acid groups (broad SMARTS) is 1. The number of aromatic carboxylic acids is 1. The number of imidazole rings is 1. The maximum absolute atomic E-state index is 12.7. The average molecular weight is 244 g/mol. The summed E-state index contributed by atoms with van der Waals surface area (Å²) in [5, 5.41) is 8.87. The third-order valence-corrected chi connectivity index (χ3v) is 2.32. The third-order valence-electron chi connectivity index (χ3n) is 2.32. The molecule has 0 saturated heterocycles. The minimum atomic E-state index is -4.69. The highest BCUT2D eigenvalue weighted by Gasteiger charge is 2.37. The molecule has 0 aliphatic rings. The summed E-state index contributed by atoms with van der Waals surface area (Å²) in [6, 6.07) is 3.88. The van der Waals surface area contributed by atoms with Crippen LogP contribution in [0.2, 0.25) is 0 Å². The van der Waals surface area contributed by atoms with Gasteiger partial charge in [-0.2, -0.15) is 13.2 Å². The van der Waals surface area contributed by atoms with Gasteiger partial charge in [0, 0.05) is 0 Å². The van der Waals surface area contributed by atoms with Crippen LogP contribution < -0.4 is 0 Å². The Hall–Kier alpha value is -2.05. The molecule has 0 unspecified atom stereocenters. The van der Waals surface area contributed by atoms with Crippen LogP contribution in [0.25, 0.3) is 5.52 Å². The van der Waals surface area contributed by atoms with Crippen molar-refractivity contribution < 1.29 is 23.1 Å². The monoisotopic (exact) mass is 244 g/mol. The van der Waals surface area contributed by atoms with Crippen LogP contribution in [-0.2, 0) is 6.18 Å². The van der Waals surface area contributed by atoms with Crippen molar-refractivity contribution in [2.45, 2.75) is 13.1 Å². The quantitative estimate of drug-likeness (QED) is 0.837. The predicted octanol–water partition coefficient (Wildman–Crippen LogP) is 2.36. The zero-order valence-corrected chi connectivity index (χ0v) is 8.62. The molecule has 0 atom stereocenters. The van der Waals surface area contributed by atoms with Gasteiger partial charge >= 0.3 is 12.1 Å². The first kappa shape index (κ1) is 11.4. The molecular weight excluding hydrogens is 237 g/mol. The predicted molar refractivity (Wildman–Crippen MR) is 51.9 cm³/mol. The van der Waals surface area contributed by atoms with Crippen molar-refractivity contribution >= 4 is 11.5 Å². The number of hydrogen-bond donors (Lipinski definition) is 1. The van der Waals surface area contributed by atoms with E-state index in [4.69, 9.17) is 5.11 Å². The Bertz CT molecular complexity index is 601. The Morgan fingerprint density at radius 2 is 2.06 bits per heavy atom. The molecule has 0 fully saturated rings. The molecule has 0 aliphatic carbocycles. The van der Waals surface area contributed by atoms with E-state index in [2.05, 4.69) is 4.98 Å². The summed E-state index contributed by atoms with van der Waals surface area (Å²) < 4.78 is 38.7. The summed E-state index contributed by atoms with van der Waals surface area (Å²) in [5.74, 6) is -2.65. The first-order chi connectivity index (χ1) is 7.82. The van der Waals surface area contributed by atoms with E-state index >= 15 is 0 Å². The number of pyridine rings is 1. The van der Waals surface area contributed by atoms with Gasteiger partial charge in [-0.1, -0.05) is 6.07 Å². The van der Waals surface area contributed by atoms with Gasteiger partial charge in [0.05, 0.1) is 11.2 Å². The first-order valence-corrected chi connectivity index (χ1v) is 4.61. The molecule has 2 rings (SSSR count). The molecule has 0 amide bonds. The van der Waals surface area contributed by atoms with Crippen molar-refractivity contribution in [3.05, 3.63) is 35.4 Å². The first-order valence-electron chi connectivity index (χ1n) is 4.61. The maximum atomic E-state index is 12.7. The number of aromatic nitrogens is 2. The minimum absolute atomic E-state index is 0.136. The lowest BCUT2D eigenvalue weighted by Crippen LogP contribution is -2.15. The van der Waals surface area contributed by atoms with Crippen LogP contribution in [0.4, 0.5) is 13.2 Å². The minimum Gasteiger partial charge on any atom is -0.477 e. The van der Waals surface area contributed by atoms with E-state index < -0.39 is 23.7 Å². The van der Waals surface area contributed by atoms with Crippen molar-refractivity contribution in [1.82, 2.24) is 9.38 Å². The Kier molecular flexibility index (Phi) is 2.34. The molecule has 7 heteroatoms. The summed E-state index contributed by atoms with van der Waals surface area (Å²) >= 11 is 0. The Morgan fingerprint density at radius 3 is 2.59 bits per heavy atom. The number of alkyl halides is 3. The SMILES string of the molecule is Cc1nc(C(F)(F)F)n2c(C(=O)O)cccc12. The van der Waals surface area contributed by atoms with Crippen molar-refractivity contribution in [1.29, 1.82) is 0 Å². The number of aryl methyl sites for hydroxylation is 1. The Balaban J connectivity index is 2.91. The summed E-state index contributed by atoms with van der Waals surface area (Å²) in [6.07, 6.45) is -4.69. The number of hydrogen-bond acceptors (Lipinski definition) is 2. The molecule has 1 N–H and O–H groups in total. The standard InChI is InChI=1S/C10H7F3N2O2/c1-5-6-3-2-4-7(8(16)17)15(6)9(14-5)10(11,12)13/h2-4H,1H3,(H,16,17). The molecule has 0 aromatic carbocycles. The van der Waals surface area contributed by atoms with Crippen molar-refractivity contribution in [3.8, 4) is 0 Å². The third kappa shape index (κ3) is 1.73. The number of rotatable bonds is 1. The second-order valence-electron chi connectivity index (χ2n) is 3.46. The molecule has 0 aliphatic heterocycles. The number of nitrogens with zero attached hydrogens (tertiary/aromatic N) is 2. The van der Waals surface area contributed by atoms with Crippen LogP contribution in [0.1, 0.15) is 22.0 Å². The largest absolute Gasteiger partial charge is 0.477 e. The highest BCUT2D eigenvalue weighted by Crippen LogP contribution is 2.30. The van der Waals surface area contributed by atoms with Gasteiger partial charge in [0.2, 0.25) is 5.82 Å². The molecular formula is C10H7F3N2O2. The van der Waals surface area contributed by atoms with Crippen LogP contribution >= 0.6 is 0 Å². The van der Waals surface area contributed by atoms with Gasteiger partial charge in [-0.25, -0.2) is 9.78 Å². The van der Waals surface area contributed by atoms with Gasteiger partial charge in [-0.05, 0) is 19.1 Å². The van der Waals surface area contributed by atoms with Crippen molar-refractivity contribution in [3.63, 3.8) is 0 Å². The van der Waals surface area contributed by atoms with Crippen LogP contribution in [-0.4, -0.2) is 20.5 Å². The van der Waals surface area contributed by atoms with E-state index in [-0.39, 0.29) is 11.2 Å². The molecule has 2 aromatic heterocycles. The summed E-state index contributed by atoms with van der Waals surface area (Å²) in [5.41, 5.74) is -0.187. The van der Waals surface area contributed by atoms with Crippen molar-refractivity contribution in [2.24, 2.45) is 0 Å². The number of fused-ring (bicyclic) bond motifs is 1. The van der Waals surface area contributed by atoms with E-state index in [9.17, 15) is 18.0 Å². The van der Waals surface area contributed by atoms with Gasteiger partial charge in [0.1, 0.15) is 5.69 Å². The second-order valence-corrected chi connectivity index (χ2v) is 3.46. The van der Waals surface area contributed by atoms with E-state index in [0.29, 0.717) is 4.40 Å². The van der Waals surface area contributed by atoms with E-state index in [1.807, 2.05) is 0 Å². The molecule has 0 bridgehead atoms. The summed E-state index contributed by atoms with van der Waals surface area (Å²) in [4.78, 5) is 14.3. The highest BCUT2D eigenvalue weighted by atomic mass is 19.4. The summed E-state index contributed by atoms with van der Waals surface area (Å²) in [6.45, 7) is 1.40. The maximum Gasteiger partial charge on any atom is 0.450 e. The van der Waals surface area contributed by atoms with Crippen LogP contribution in [0.5, 0.6) is 0 Å². The van der Waals surface area contributed by atoms with Gasteiger partial charge in [-0.15, -0.1) is 0 Å². The van der Waals surface area contributed by atoms with Gasteiger partial charge < -0.3 is 5.11 Å². The topological polar surface area (TPSA) is 54.6 Å². The zero-order valence-electron chi connectivity index (χ0n) is 8.62. The zero-order chi connectivity index (χ0) is 12.8. The molecule has 4 nitrogen and oxygen atoms in total. The van der Waals surface area contributed by atoms with E-state index in [0.717, 1.165) is 6.07 Å². The van der Waals surface area contributed by atoms with Gasteiger partial charge in [0.25, 0.3) is 0 Å². The number of carboxylic acids is 1. The van der Waals surface area contributed by atoms with Crippen molar-refractivity contribution in [2.75, 3.05) is 0 Å². The number of carbonyl (C=O) groups is 1. The lowest BCUT2D eigenvalue weighted by atomic mass is 10.3. The molecule has 0 radical (unpaired) electrons. The van der Waals surface area contributed by atoms with Crippen LogP contribution in [0.3, 0.4) is 0 Å². The van der Waals surface area contributed by atoms with Gasteiger partial charge in [0.15, 0.2) is 0 Å². The molecule has 17 heavy (non-hydrogen) atoms. The number of halogens is 3. The Labute approximate surface area is 93.3 Å². The highest BCUT2D eigenvalue weighted by molar-refractivity contribution is 5.87. The molecule has 0 spiro atoms.